The van der Waals surface area contributed by atoms with Gasteiger partial charge in [0.1, 0.15) is 0 Å². The molecule has 0 unspecified atom stereocenters. The third kappa shape index (κ3) is 2.95. The number of hydrogen-bond donors (Lipinski definition) is 0. The van der Waals surface area contributed by atoms with E-state index in [0.29, 0.717) is 5.88 Å². The fourth-order valence-corrected chi connectivity index (χ4v) is 4.98. The molecule has 0 nitrogen and oxygen atoms in total. The Hall–Kier alpha value is 0.950. The van der Waals surface area contributed by atoms with Crippen molar-refractivity contribution in [1.82, 2.24) is 0 Å². The summed E-state index contributed by atoms with van der Waals surface area (Å²) in [5.74, 6) is 0.701. The van der Waals surface area contributed by atoms with Crippen molar-refractivity contribution < 1.29 is 0 Å². The molecule has 0 amide bonds. The number of rotatable bonds is 3. The molecule has 1 aromatic rings. The molecule has 0 aliphatic heterocycles. The largest absolute Gasteiger partial charge is 0.127 e. The van der Waals surface area contributed by atoms with Gasteiger partial charge in [0.15, 0.2) is 0 Å². The molecular formula is C9H11Br2ClS. The van der Waals surface area contributed by atoms with Gasteiger partial charge in [-0.2, -0.15) is 0 Å². The van der Waals surface area contributed by atoms with Gasteiger partial charge in [-0.15, -0.1) is 22.9 Å². The maximum Gasteiger partial charge on any atom is 0.0747 e. The zero-order chi connectivity index (χ0) is 10.1. The van der Waals surface area contributed by atoms with Crippen LogP contribution in [-0.2, 0) is 5.41 Å². The van der Waals surface area contributed by atoms with E-state index in [0.717, 1.165) is 10.2 Å². The first kappa shape index (κ1) is 12.0. The van der Waals surface area contributed by atoms with E-state index in [2.05, 4.69) is 51.8 Å². The smallest absolute Gasteiger partial charge is 0.0747 e. The van der Waals surface area contributed by atoms with Gasteiger partial charge in [-0.3, -0.25) is 0 Å². The van der Waals surface area contributed by atoms with Crippen LogP contribution in [0.15, 0.2) is 13.6 Å². The molecule has 0 saturated carbocycles. The first-order chi connectivity index (χ1) is 5.97. The van der Waals surface area contributed by atoms with Crippen LogP contribution in [0.1, 0.15) is 25.8 Å². The van der Waals surface area contributed by atoms with Gasteiger partial charge in [-0.05, 0) is 55.3 Å². The Labute approximate surface area is 105 Å². The second-order valence-electron chi connectivity index (χ2n) is 3.56. The van der Waals surface area contributed by atoms with Crippen molar-refractivity contribution in [1.29, 1.82) is 0 Å². The fourth-order valence-electron chi connectivity index (χ4n) is 1.17. The maximum absolute atomic E-state index is 5.77. The zero-order valence-corrected chi connectivity index (χ0v) is 12.3. The molecule has 0 aliphatic carbocycles. The number of thiophene rings is 1. The second-order valence-corrected chi connectivity index (χ2v) is 7.69. The highest BCUT2D eigenvalue weighted by molar-refractivity contribution is 9.12. The Kier molecular flexibility index (Phi) is 4.30. The van der Waals surface area contributed by atoms with Crippen molar-refractivity contribution in [2.75, 3.05) is 5.88 Å². The monoisotopic (exact) mass is 344 g/mol. The van der Waals surface area contributed by atoms with E-state index < -0.39 is 0 Å². The van der Waals surface area contributed by atoms with Crippen LogP contribution < -0.4 is 0 Å². The average molecular weight is 347 g/mol. The number of halogens is 3. The van der Waals surface area contributed by atoms with Crippen LogP contribution in [0.5, 0.6) is 0 Å². The first-order valence-corrected chi connectivity index (χ1v) is 6.92. The Morgan fingerprint density at radius 1 is 1.46 bits per heavy atom. The van der Waals surface area contributed by atoms with Crippen LogP contribution >= 0.6 is 54.8 Å². The first-order valence-electron chi connectivity index (χ1n) is 3.98. The van der Waals surface area contributed by atoms with Crippen LogP contribution in [0.4, 0.5) is 0 Å². The Morgan fingerprint density at radius 2 is 2.08 bits per heavy atom. The molecule has 0 fully saturated rings. The summed E-state index contributed by atoms with van der Waals surface area (Å²) in [6.45, 7) is 4.43. The van der Waals surface area contributed by atoms with Gasteiger partial charge in [0, 0.05) is 5.88 Å². The minimum absolute atomic E-state index is 0.156. The Morgan fingerprint density at radius 3 is 2.46 bits per heavy atom. The highest BCUT2D eigenvalue weighted by Gasteiger charge is 2.24. The molecule has 0 aliphatic rings. The lowest BCUT2D eigenvalue weighted by Crippen LogP contribution is -2.17. The molecule has 13 heavy (non-hydrogen) atoms. The second kappa shape index (κ2) is 4.65. The quantitative estimate of drug-likeness (QED) is 0.662. The third-order valence-corrected chi connectivity index (χ3v) is 4.63. The van der Waals surface area contributed by atoms with Gasteiger partial charge >= 0.3 is 0 Å². The summed E-state index contributed by atoms with van der Waals surface area (Å²) >= 11 is 14.5. The summed E-state index contributed by atoms with van der Waals surface area (Å²) in [4.78, 5) is 0. The lowest BCUT2D eigenvalue weighted by molar-refractivity contribution is 0.509. The molecule has 4 heteroatoms. The van der Waals surface area contributed by atoms with E-state index in [-0.39, 0.29) is 5.41 Å². The van der Waals surface area contributed by atoms with Gasteiger partial charge < -0.3 is 0 Å². The molecule has 74 valence electrons. The summed E-state index contributed by atoms with van der Waals surface area (Å²) in [7, 11) is 0. The van der Waals surface area contributed by atoms with Gasteiger partial charge in [0.25, 0.3) is 0 Å². The summed E-state index contributed by atoms with van der Waals surface area (Å²) < 4.78 is 2.37. The Bertz CT molecular complexity index is 294. The summed E-state index contributed by atoms with van der Waals surface area (Å²) in [5, 5.41) is 0. The van der Waals surface area contributed by atoms with E-state index in [9.17, 15) is 0 Å². The zero-order valence-electron chi connectivity index (χ0n) is 7.53. The lowest BCUT2D eigenvalue weighted by atomic mass is 9.84. The van der Waals surface area contributed by atoms with Crippen LogP contribution in [0, 0.1) is 0 Å². The van der Waals surface area contributed by atoms with Crippen LogP contribution in [0.3, 0.4) is 0 Å². The molecule has 0 bridgehead atoms. The van der Waals surface area contributed by atoms with E-state index in [4.69, 9.17) is 11.6 Å². The Balaban J connectivity index is 2.98. The van der Waals surface area contributed by atoms with E-state index in [1.165, 1.54) is 9.35 Å². The molecule has 0 atom stereocenters. The van der Waals surface area contributed by atoms with E-state index in [1.54, 1.807) is 11.3 Å². The minimum atomic E-state index is 0.156. The number of hydrogen-bond acceptors (Lipinski definition) is 1. The number of alkyl halides is 1. The predicted octanol–water partition coefficient (Wildman–Crippen LogP) is 5.18. The minimum Gasteiger partial charge on any atom is -0.127 e. The SMILES string of the molecule is CC(C)(CCCl)c1cc(Br)sc1Br. The van der Waals surface area contributed by atoms with Crippen molar-refractivity contribution in [2.24, 2.45) is 0 Å². The topological polar surface area (TPSA) is 0 Å². The normalized spacial score (nSPS) is 12.1. The van der Waals surface area contributed by atoms with Crippen molar-refractivity contribution in [3.63, 3.8) is 0 Å². The van der Waals surface area contributed by atoms with Crippen LogP contribution in [0.25, 0.3) is 0 Å². The van der Waals surface area contributed by atoms with Gasteiger partial charge in [-0.1, -0.05) is 13.8 Å². The molecule has 0 saturated heterocycles. The third-order valence-electron chi connectivity index (χ3n) is 2.11. The van der Waals surface area contributed by atoms with Gasteiger partial charge in [0.05, 0.1) is 7.57 Å². The van der Waals surface area contributed by atoms with Gasteiger partial charge in [0.2, 0.25) is 0 Å². The summed E-state index contributed by atoms with van der Waals surface area (Å²) in [6.07, 6.45) is 0.996. The van der Waals surface area contributed by atoms with Gasteiger partial charge in [-0.25, -0.2) is 0 Å². The molecule has 0 spiro atoms. The maximum atomic E-state index is 5.77. The average Bonchev–Trinajstić information content (AvgIpc) is 2.30. The van der Waals surface area contributed by atoms with E-state index >= 15 is 0 Å². The van der Waals surface area contributed by atoms with Crippen molar-refractivity contribution in [2.45, 2.75) is 25.7 Å². The fraction of sp³-hybridized carbons (Fsp3) is 0.556. The molecular weight excluding hydrogens is 335 g/mol. The molecule has 0 radical (unpaired) electrons. The standard InChI is InChI=1S/C9H11Br2ClS/c1-9(2,3-4-12)6-5-7(10)13-8(6)11/h5H,3-4H2,1-2H3. The molecule has 0 aromatic carbocycles. The highest BCUT2D eigenvalue weighted by atomic mass is 79.9. The van der Waals surface area contributed by atoms with Crippen LogP contribution in [0.2, 0.25) is 0 Å². The van der Waals surface area contributed by atoms with Crippen molar-refractivity contribution in [3.05, 3.63) is 19.2 Å². The molecule has 1 aromatic heterocycles. The molecule has 1 heterocycles. The lowest BCUT2D eigenvalue weighted by Gasteiger charge is -2.23. The van der Waals surface area contributed by atoms with E-state index in [1.807, 2.05) is 0 Å². The predicted molar refractivity (Wildman–Crippen MR) is 68.1 cm³/mol. The molecule has 1 rings (SSSR count). The summed E-state index contributed by atoms with van der Waals surface area (Å²) in [5.41, 5.74) is 1.49. The van der Waals surface area contributed by atoms with Crippen molar-refractivity contribution in [3.8, 4) is 0 Å². The van der Waals surface area contributed by atoms with Crippen molar-refractivity contribution >= 4 is 54.8 Å². The van der Waals surface area contributed by atoms with Crippen LogP contribution in [-0.4, -0.2) is 5.88 Å². The molecule has 0 N–H and O–H groups in total. The summed E-state index contributed by atoms with van der Waals surface area (Å²) in [6, 6.07) is 2.17. The highest BCUT2D eigenvalue weighted by Crippen LogP contribution is 2.40.